The monoisotopic (exact) mass is 919 g/mol. The molecule has 0 aliphatic heterocycles. The minimum Gasteiger partial charge on any atom is -0.287 e. The smallest absolute Gasteiger partial charge is 0.227 e. The third-order valence-corrected chi connectivity index (χ3v) is 9.66. The molecule has 0 fully saturated rings. The number of hydrogen-bond donors (Lipinski definition) is 0. The minimum atomic E-state index is -7.22. The van der Waals surface area contributed by atoms with E-state index in [1.807, 2.05) is 53.2 Å². The molecule has 0 saturated carbocycles. The Morgan fingerprint density at radius 3 is 0.952 bits per heavy atom. The maximum Gasteiger partial charge on any atom is 0.227 e. The van der Waals surface area contributed by atoms with Crippen molar-refractivity contribution in [3.63, 3.8) is 0 Å². The normalized spacial score (nSPS) is 11.5. The Labute approximate surface area is 339 Å². The van der Waals surface area contributed by atoms with Crippen LogP contribution in [0.2, 0.25) is 0 Å². The fourth-order valence-corrected chi connectivity index (χ4v) is 6.89. The molecule has 0 aliphatic rings. The number of aromatic nitrogens is 1. The third-order valence-electron chi connectivity index (χ3n) is 9.66. The van der Waals surface area contributed by atoms with Crippen LogP contribution in [0.25, 0.3) is 0 Å². The molecule has 63 heavy (non-hydrogen) atoms. The first-order valence-electron chi connectivity index (χ1n) is 17.3. The summed E-state index contributed by atoms with van der Waals surface area (Å²) < 4.78 is 296. The summed E-state index contributed by atoms with van der Waals surface area (Å²) in [5.41, 5.74) is -12.3. The quantitative estimate of drug-likeness (QED) is 0.0356. The van der Waals surface area contributed by atoms with Gasteiger partial charge in [0.2, 0.25) is 12.3 Å². The molecule has 0 N–H and O–H groups in total. The van der Waals surface area contributed by atoms with Gasteiger partial charge in [0.25, 0.3) is 0 Å². The Kier molecular flexibility index (Phi) is 13.7. The van der Waals surface area contributed by atoms with Crippen molar-refractivity contribution in [2.75, 3.05) is 0 Å². The van der Waals surface area contributed by atoms with E-state index in [-0.39, 0.29) is 5.78 Å². The van der Waals surface area contributed by atoms with Gasteiger partial charge in [0.05, 0.1) is 0 Å². The van der Waals surface area contributed by atoms with Crippen molar-refractivity contribution in [2.45, 2.75) is 26.3 Å². The summed E-state index contributed by atoms with van der Waals surface area (Å²) in [5, 5.41) is 0. The lowest BCUT2D eigenvalue weighted by Gasteiger charge is -2.44. The summed E-state index contributed by atoms with van der Waals surface area (Å²) in [5.74, 6) is -71.2. The number of halogens is 20. The highest BCUT2D eigenvalue weighted by atomic mass is 19.2. The van der Waals surface area contributed by atoms with Crippen LogP contribution in [-0.2, 0) is 13.0 Å². The molecule has 6 rings (SSSR count). The molecule has 1 heterocycles. The zero-order valence-electron chi connectivity index (χ0n) is 30.8. The van der Waals surface area contributed by atoms with Crippen molar-refractivity contribution in [1.82, 2.24) is 0 Å². The summed E-state index contributed by atoms with van der Waals surface area (Å²) in [6.45, 7) is 2.57. The van der Waals surface area contributed by atoms with E-state index in [2.05, 4.69) is 13.0 Å². The van der Waals surface area contributed by atoms with Gasteiger partial charge in [-0.15, -0.1) is 21.9 Å². The second-order valence-electron chi connectivity index (χ2n) is 13.2. The average Bonchev–Trinajstić information content (AvgIpc) is 3.27. The number of hydrogen-bond acceptors (Lipinski definition) is 1. The Bertz CT molecular complexity index is 2420. The van der Waals surface area contributed by atoms with Crippen molar-refractivity contribution in [3.8, 4) is 0 Å². The van der Waals surface area contributed by atoms with E-state index in [1.54, 1.807) is 0 Å². The van der Waals surface area contributed by atoms with Crippen molar-refractivity contribution in [3.05, 3.63) is 182 Å². The molecule has 1 aromatic heterocycles. The zero-order chi connectivity index (χ0) is 47.2. The molecule has 23 heteroatoms. The highest BCUT2D eigenvalue weighted by molar-refractivity contribution is 7.20. The Hall–Kier alpha value is -6.42. The van der Waals surface area contributed by atoms with Crippen LogP contribution in [0.15, 0.2) is 54.7 Å². The number of rotatable bonds is 9. The highest BCUT2D eigenvalue weighted by Gasteiger charge is 2.52. The molecule has 2 nitrogen and oxygen atoms in total. The first-order chi connectivity index (χ1) is 29.5. The van der Waals surface area contributed by atoms with E-state index in [1.165, 1.54) is 5.69 Å². The molecule has 0 aliphatic carbocycles. The number of nitrogens with zero attached hydrogens (tertiary/aromatic N) is 1. The SMILES string of the molecule is CCCc1cccc[n+]1CC(=O)c1ccccc1.Fc1c(F)c(F)c([B-](c2c(F)c(F)c(F)c(F)c2F)(c2c(F)c(F)c(F)c(F)c2F)c2c(F)c(F)c(F)c(F)c2F)c(F)c1F. The fraction of sp³-hybridized carbons (Fsp3) is 0.100. The summed E-state index contributed by atoms with van der Waals surface area (Å²) in [7, 11) is 0. The molecule has 6 aromatic rings. The lowest BCUT2D eigenvalue weighted by molar-refractivity contribution is -0.690. The van der Waals surface area contributed by atoms with Crippen LogP contribution >= 0.6 is 0 Å². The van der Waals surface area contributed by atoms with Gasteiger partial charge in [-0.05, 0) is 6.42 Å². The van der Waals surface area contributed by atoms with Gasteiger partial charge in [0, 0.05) is 24.1 Å². The van der Waals surface area contributed by atoms with E-state index < -0.39 is 144 Å². The molecular weight excluding hydrogens is 901 g/mol. The van der Waals surface area contributed by atoms with Crippen LogP contribution in [0.5, 0.6) is 0 Å². The second-order valence-corrected chi connectivity index (χ2v) is 13.2. The molecular formula is C40H18BF20NO. The molecule has 0 unspecified atom stereocenters. The van der Waals surface area contributed by atoms with E-state index in [0.29, 0.717) is 6.54 Å². The van der Waals surface area contributed by atoms with E-state index in [4.69, 9.17) is 0 Å². The number of aryl methyl sites for hydroxylation is 1. The Morgan fingerprint density at radius 2 is 0.667 bits per heavy atom. The van der Waals surface area contributed by atoms with Crippen molar-refractivity contribution in [1.29, 1.82) is 0 Å². The predicted molar refractivity (Wildman–Crippen MR) is 181 cm³/mol. The maximum atomic E-state index is 15.4. The summed E-state index contributed by atoms with van der Waals surface area (Å²) in [6, 6.07) is 15.5. The topological polar surface area (TPSA) is 20.9 Å². The number of carbonyl (C=O) groups is 1. The summed E-state index contributed by atoms with van der Waals surface area (Å²) in [6.07, 6.45) is -3.15. The standard InChI is InChI=1S/C24BF20.C16H18NO/c26-5-1(6(27)14(35)21(42)13(5)34)25(2-7(28)15(36)22(43)16(37)8(2)29,3-9(30)17(38)23(44)18(39)10(3)31)4-11(32)19(40)24(45)20(41)12(4)33;1-2-8-15-11-6-7-12-17(15)13-16(18)14-9-4-3-5-10-14/h;3-7,9-12H,2,8,13H2,1H3/q-1;+1. The van der Waals surface area contributed by atoms with Gasteiger partial charge in [0.15, 0.2) is 81.7 Å². The number of Topliss-reactive ketones (excluding diaryl/α,β-unsaturated/α-hetero) is 1. The molecule has 0 spiro atoms. The molecule has 332 valence electrons. The van der Waals surface area contributed by atoms with Crippen LogP contribution in [0, 0.1) is 116 Å². The average molecular weight is 919 g/mol. The lowest BCUT2D eigenvalue weighted by atomic mass is 9.12. The predicted octanol–water partition coefficient (Wildman–Crippen LogP) is 8.66. The van der Waals surface area contributed by atoms with Crippen molar-refractivity contribution in [2.24, 2.45) is 0 Å². The number of ketones is 1. The van der Waals surface area contributed by atoms with Gasteiger partial charge in [0.1, 0.15) is 52.7 Å². The molecule has 5 aromatic carbocycles. The molecule has 0 saturated heterocycles. The zero-order valence-corrected chi connectivity index (χ0v) is 30.8. The van der Waals surface area contributed by atoms with Gasteiger partial charge in [-0.1, -0.05) is 43.3 Å². The van der Waals surface area contributed by atoms with Gasteiger partial charge < -0.3 is 0 Å². The van der Waals surface area contributed by atoms with E-state index >= 15 is 35.1 Å². The van der Waals surface area contributed by atoms with Gasteiger partial charge in [-0.2, -0.15) is 4.57 Å². The van der Waals surface area contributed by atoms with Crippen LogP contribution in [0.4, 0.5) is 87.8 Å². The maximum absolute atomic E-state index is 15.4. The van der Waals surface area contributed by atoms with Crippen LogP contribution < -0.4 is 26.4 Å². The summed E-state index contributed by atoms with van der Waals surface area (Å²) >= 11 is 0. The Morgan fingerprint density at radius 1 is 0.397 bits per heavy atom. The largest absolute Gasteiger partial charge is 0.287 e. The molecule has 0 atom stereocenters. The molecule has 0 amide bonds. The van der Waals surface area contributed by atoms with Gasteiger partial charge >= 0.3 is 0 Å². The van der Waals surface area contributed by atoms with E-state index in [0.717, 1.165) is 18.4 Å². The first-order valence-corrected chi connectivity index (χ1v) is 17.3. The molecule has 0 bridgehead atoms. The second kappa shape index (κ2) is 18.1. The first kappa shape index (κ1) is 47.6. The number of carbonyl (C=O) groups excluding carboxylic acids is 1. The van der Waals surface area contributed by atoms with Crippen LogP contribution in [-0.4, -0.2) is 11.9 Å². The highest BCUT2D eigenvalue weighted by Crippen LogP contribution is 2.30. The van der Waals surface area contributed by atoms with Crippen LogP contribution in [0.3, 0.4) is 0 Å². The number of benzene rings is 5. The Balaban J connectivity index is 0.000000345. The van der Waals surface area contributed by atoms with Gasteiger partial charge in [-0.3, -0.25) is 4.79 Å². The minimum absolute atomic E-state index is 0.157. The van der Waals surface area contributed by atoms with Crippen molar-refractivity contribution < 1.29 is 97.2 Å². The lowest BCUT2D eigenvalue weighted by Crippen LogP contribution is -2.81. The third kappa shape index (κ3) is 7.74. The van der Waals surface area contributed by atoms with Crippen molar-refractivity contribution >= 4 is 33.8 Å². The van der Waals surface area contributed by atoms with Crippen LogP contribution in [0.1, 0.15) is 29.4 Å². The number of pyridine rings is 1. The van der Waals surface area contributed by atoms with Gasteiger partial charge in [-0.25, -0.2) is 87.8 Å². The fourth-order valence-electron chi connectivity index (χ4n) is 6.89. The summed E-state index contributed by atoms with van der Waals surface area (Å²) in [4.78, 5) is 12.1. The molecule has 0 radical (unpaired) electrons. The van der Waals surface area contributed by atoms with E-state index in [9.17, 15) is 57.5 Å².